The van der Waals surface area contributed by atoms with Crippen molar-refractivity contribution in [1.82, 2.24) is 5.32 Å². The molecule has 0 saturated carbocycles. The number of halogens is 1. The highest BCUT2D eigenvalue weighted by molar-refractivity contribution is 6.30. The number of phenols is 1. The fourth-order valence-electron chi connectivity index (χ4n) is 1.68. The average Bonchev–Trinajstić information content (AvgIpc) is 2.56. The summed E-state index contributed by atoms with van der Waals surface area (Å²) in [5.41, 5.74) is 0.746. The first kappa shape index (κ1) is 9.34. The molecule has 1 heterocycles. The number of carbonyl (C=O) groups is 1. The average molecular weight is 212 g/mol. The Hall–Kier alpha value is -1.22. The fourth-order valence-corrected chi connectivity index (χ4v) is 1.86. The number of rotatable bonds is 1. The van der Waals surface area contributed by atoms with E-state index in [4.69, 9.17) is 11.6 Å². The van der Waals surface area contributed by atoms with Crippen molar-refractivity contribution in [2.24, 2.45) is 0 Å². The van der Waals surface area contributed by atoms with Gasteiger partial charge in [-0.2, -0.15) is 0 Å². The standard InChI is InChI=1S/C10H10ClNO2/c11-7-1-2-9(13)8(4-7)6-3-10(14)12-5-6/h1-2,4,6,13H,3,5H2,(H,12,14). The zero-order valence-corrected chi connectivity index (χ0v) is 8.21. The van der Waals surface area contributed by atoms with Gasteiger partial charge in [-0.25, -0.2) is 0 Å². The molecule has 1 aliphatic rings. The van der Waals surface area contributed by atoms with Crippen LogP contribution in [0.5, 0.6) is 5.75 Å². The first-order valence-electron chi connectivity index (χ1n) is 4.42. The van der Waals surface area contributed by atoms with E-state index in [2.05, 4.69) is 5.32 Å². The van der Waals surface area contributed by atoms with Crippen LogP contribution in [0.2, 0.25) is 5.02 Å². The van der Waals surface area contributed by atoms with Crippen LogP contribution < -0.4 is 5.32 Å². The second-order valence-corrected chi connectivity index (χ2v) is 3.84. The lowest BCUT2D eigenvalue weighted by molar-refractivity contribution is -0.119. The van der Waals surface area contributed by atoms with E-state index in [1.165, 1.54) is 0 Å². The number of hydrogen-bond acceptors (Lipinski definition) is 2. The Labute approximate surface area is 86.7 Å². The lowest BCUT2D eigenvalue weighted by atomic mass is 9.97. The number of nitrogens with one attached hydrogen (secondary N) is 1. The molecule has 1 saturated heterocycles. The summed E-state index contributed by atoms with van der Waals surface area (Å²) in [4.78, 5) is 11.0. The minimum absolute atomic E-state index is 0.0226. The van der Waals surface area contributed by atoms with Gasteiger partial charge in [0.1, 0.15) is 5.75 Å². The largest absolute Gasteiger partial charge is 0.508 e. The minimum Gasteiger partial charge on any atom is -0.508 e. The number of phenolic OH excluding ortho intramolecular Hbond substituents is 1. The van der Waals surface area contributed by atoms with E-state index >= 15 is 0 Å². The Morgan fingerprint density at radius 3 is 2.93 bits per heavy atom. The molecule has 2 rings (SSSR count). The number of aromatic hydroxyl groups is 1. The van der Waals surface area contributed by atoms with Crippen LogP contribution in [0.1, 0.15) is 17.9 Å². The van der Waals surface area contributed by atoms with Crippen LogP contribution in [0.25, 0.3) is 0 Å². The summed E-state index contributed by atoms with van der Waals surface area (Å²) in [5.74, 6) is 0.270. The number of hydrogen-bond donors (Lipinski definition) is 2. The molecule has 1 unspecified atom stereocenters. The third-order valence-corrected chi connectivity index (χ3v) is 2.64. The van der Waals surface area contributed by atoms with Gasteiger partial charge in [0.25, 0.3) is 0 Å². The molecule has 0 aliphatic carbocycles. The van der Waals surface area contributed by atoms with Crippen molar-refractivity contribution in [3.63, 3.8) is 0 Å². The second kappa shape index (κ2) is 3.50. The van der Waals surface area contributed by atoms with E-state index in [0.29, 0.717) is 18.0 Å². The van der Waals surface area contributed by atoms with Gasteiger partial charge in [-0.3, -0.25) is 4.79 Å². The minimum atomic E-state index is 0.0226. The third-order valence-electron chi connectivity index (χ3n) is 2.41. The number of carbonyl (C=O) groups excluding carboxylic acids is 1. The van der Waals surface area contributed by atoms with Crippen molar-refractivity contribution < 1.29 is 9.90 Å². The molecule has 0 aromatic heterocycles. The van der Waals surface area contributed by atoms with Crippen molar-refractivity contribution in [1.29, 1.82) is 0 Å². The molecule has 0 bridgehead atoms. The van der Waals surface area contributed by atoms with Crippen LogP contribution in [0, 0.1) is 0 Å². The Morgan fingerprint density at radius 2 is 2.29 bits per heavy atom. The molecule has 1 amide bonds. The number of benzene rings is 1. The van der Waals surface area contributed by atoms with Gasteiger partial charge in [0.15, 0.2) is 0 Å². The van der Waals surface area contributed by atoms with Crippen molar-refractivity contribution in [2.45, 2.75) is 12.3 Å². The smallest absolute Gasteiger partial charge is 0.220 e. The molecule has 1 aliphatic heterocycles. The van der Waals surface area contributed by atoms with Gasteiger partial charge in [-0.1, -0.05) is 11.6 Å². The maximum Gasteiger partial charge on any atom is 0.220 e. The van der Waals surface area contributed by atoms with Crippen LogP contribution in [0.15, 0.2) is 18.2 Å². The van der Waals surface area contributed by atoms with Gasteiger partial charge in [0.2, 0.25) is 5.91 Å². The molecule has 1 atom stereocenters. The molecule has 0 spiro atoms. The zero-order chi connectivity index (χ0) is 10.1. The Morgan fingerprint density at radius 1 is 1.50 bits per heavy atom. The Kier molecular flexibility index (Phi) is 2.33. The molecular weight excluding hydrogens is 202 g/mol. The lowest BCUT2D eigenvalue weighted by Crippen LogP contribution is -2.13. The van der Waals surface area contributed by atoms with Gasteiger partial charge in [-0.05, 0) is 18.2 Å². The summed E-state index contributed by atoms with van der Waals surface area (Å²) in [6.07, 6.45) is 0.425. The normalized spacial score (nSPS) is 20.9. The third kappa shape index (κ3) is 1.68. The summed E-state index contributed by atoms with van der Waals surface area (Å²) in [6, 6.07) is 4.90. The predicted octanol–water partition coefficient (Wildman–Crippen LogP) is 1.65. The fraction of sp³-hybridized carbons (Fsp3) is 0.300. The van der Waals surface area contributed by atoms with Gasteiger partial charge in [0.05, 0.1) is 0 Å². The van der Waals surface area contributed by atoms with E-state index in [9.17, 15) is 9.90 Å². The molecule has 1 fully saturated rings. The maximum absolute atomic E-state index is 11.0. The topological polar surface area (TPSA) is 49.3 Å². The summed E-state index contributed by atoms with van der Waals surface area (Å²) in [5, 5.41) is 12.9. The van der Waals surface area contributed by atoms with E-state index in [-0.39, 0.29) is 17.6 Å². The Bertz CT molecular complexity index is 378. The van der Waals surface area contributed by atoms with Crippen LogP contribution >= 0.6 is 11.6 Å². The van der Waals surface area contributed by atoms with E-state index in [1.807, 2.05) is 0 Å². The zero-order valence-electron chi connectivity index (χ0n) is 7.46. The van der Waals surface area contributed by atoms with Crippen molar-refractivity contribution >= 4 is 17.5 Å². The van der Waals surface area contributed by atoms with E-state index < -0.39 is 0 Å². The van der Waals surface area contributed by atoms with E-state index in [1.54, 1.807) is 18.2 Å². The van der Waals surface area contributed by atoms with E-state index in [0.717, 1.165) is 5.56 Å². The Balaban J connectivity index is 2.31. The summed E-state index contributed by atoms with van der Waals surface area (Å²) < 4.78 is 0. The molecule has 2 N–H and O–H groups in total. The highest BCUT2D eigenvalue weighted by Gasteiger charge is 2.25. The van der Waals surface area contributed by atoms with Crippen molar-refractivity contribution in [3.8, 4) is 5.75 Å². The highest BCUT2D eigenvalue weighted by Crippen LogP contribution is 2.32. The molecule has 74 valence electrons. The highest BCUT2D eigenvalue weighted by atomic mass is 35.5. The first-order chi connectivity index (χ1) is 6.66. The molecule has 1 aromatic carbocycles. The van der Waals surface area contributed by atoms with Gasteiger partial charge >= 0.3 is 0 Å². The molecule has 1 aromatic rings. The monoisotopic (exact) mass is 211 g/mol. The van der Waals surface area contributed by atoms with Crippen LogP contribution in [-0.4, -0.2) is 17.6 Å². The molecule has 0 radical (unpaired) electrons. The van der Waals surface area contributed by atoms with Gasteiger partial charge < -0.3 is 10.4 Å². The number of amides is 1. The van der Waals surface area contributed by atoms with Crippen LogP contribution in [0.4, 0.5) is 0 Å². The molecule has 3 nitrogen and oxygen atoms in total. The predicted molar refractivity (Wildman–Crippen MR) is 53.5 cm³/mol. The molecule has 14 heavy (non-hydrogen) atoms. The molecule has 4 heteroatoms. The maximum atomic E-state index is 11.0. The van der Waals surface area contributed by atoms with Crippen molar-refractivity contribution in [3.05, 3.63) is 28.8 Å². The lowest BCUT2D eigenvalue weighted by Gasteiger charge is -2.09. The van der Waals surface area contributed by atoms with Crippen LogP contribution in [-0.2, 0) is 4.79 Å². The molecular formula is C10H10ClNO2. The first-order valence-corrected chi connectivity index (χ1v) is 4.79. The van der Waals surface area contributed by atoms with Crippen molar-refractivity contribution in [2.75, 3.05) is 6.54 Å². The summed E-state index contributed by atoms with van der Waals surface area (Å²) in [6.45, 7) is 0.576. The van der Waals surface area contributed by atoms with Gasteiger partial charge in [-0.15, -0.1) is 0 Å². The second-order valence-electron chi connectivity index (χ2n) is 3.41. The quantitative estimate of drug-likeness (QED) is 0.742. The summed E-state index contributed by atoms with van der Waals surface area (Å²) in [7, 11) is 0. The van der Waals surface area contributed by atoms with Gasteiger partial charge in [0, 0.05) is 29.5 Å². The summed E-state index contributed by atoms with van der Waals surface area (Å²) >= 11 is 5.82. The van der Waals surface area contributed by atoms with Crippen LogP contribution in [0.3, 0.4) is 0 Å². The SMILES string of the molecule is O=C1CC(c2cc(Cl)ccc2O)CN1.